The van der Waals surface area contributed by atoms with Crippen molar-refractivity contribution in [3.05, 3.63) is 0 Å². The van der Waals surface area contributed by atoms with Crippen LogP contribution in [0.5, 0.6) is 0 Å². The Hall–Kier alpha value is 0.0700. The molecule has 17 heavy (non-hydrogen) atoms. The Balaban J connectivity index is 0.00000144. The molecule has 1 amide bonds. The summed E-state index contributed by atoms with van der Waals surface area (Å²) in [6.07, 6.45) is 0.687. The lowest BCUT2D eigenvalue weighted by Gasteiger charge is -2.25. The minimum atomic E-state index is 0. The number of hydrogen-bond donors (Lipinski definition) is 1. The van der Waals surface area contributed by atoms with E-state index in [0.717, 1.165) is 25.4 Å². The molecule has 5 heteroatoms. The van der Waals surface area contributed by atoms with Gasteiger partial charge in [-0.1, -0.05) is 13.8 Å². The van der Waals surface area contributed by atoms with Gasteiger partial charge in [0.25, 0.3) is 0 Å². The highest BCUT2D eigenvalue weighted by atomic mass is 35.5. The molecule has 0 aromatic carbocycles. The molecule has 2 fully saturated rings. The monoisotopic (exact) mass is 278 g/mol. The molecule has 0 saturated carbocycles. The highest BCUT2D eigenvalue weighted by Crippen LogP contribution is 2.23. The zero-order valence-electron chi connectivity index (χ0n) is 10.6. The van der Waals surface area contributed by atoms with Gasteiger partial charge in [-0.25, -0.2) is 0 Å². The summed E-state index contributed by atoms with van der Waals surface area (Å²) in [4.78, 5) is 14.1. The van der Waals surface area contributed by atoms with Crippen LogP contribution in [0.2, 0.25) is 0 Å². The number of carbonyl (C=O) groups excluding carboxylic acids is 1. The molecule has 0 aromatic heterocycles. The third-order valence-corrected chi connectivity index (χ3v) is 4.89. The first-order valence-electron chi connectivity index (χ1n) is 6.25. The second-order valence-corrected chi connectivity index (χ2v) is 6.33. The summed E-state index contributed by atoms with van der Waals surface area (Å²) in [5.41, 5.74) is 0. The van der Waals surface area contributed by atoms with Crippen LogP contribution in [0, 0.1) is 11.8 Å². The topological polar surface area (TPSA) is 32.3 Å². The van der Waals surface area contributed by atoms with Crippen LogP contribution in [0.3, 0.4) is 0 Å². The summed E-state index contributed by atoms with van der Waals surface area (Å²) < 4.78 is 0. The van der Waals surface area contributed by atoms with E-state index in [0.29, 0.717) is 30.2 Å². The van der Waals surface area contributed by atoms with Gasteiger partial charge in [0.05, 0.1) is 0 Å². The molecule has 2 rings (SSSR count). The minimum absolute atomic E-state index is 0. The Morgan fingerprint density at radius 3 is 2.53 bits per heavy atom. The first kappa shape index (κ1) is 15.1. The SMILES string of the molecule is CC1CN(C(=O)CC2CSCCN2)CC1C.Cl. The normalized spacial score (nSPS) is 33.3. The molecule has 1 N–H and O–H groups in total. The van der Waals surface area contributed by atoms with E-state index in [1.165, 1.54) is 5.75 Å². The maximum absolute atomic E-state index is 12.1. The van der Waals surface area contributed by atoms with Crippen molar-refractivity contribution in [2.75, 3.05) is 31.1 Å². The van der Waals surface area contributed by atoms with Crippen molar-refractivity contribution in [3.63, 3.8) is 0 Å². The second-order valence-electron chi connectivity index (χ2n) is 5.18. The van der Waals surface area contributed by atoms with Crippen LogP contribution in [0.25, 0.3) is 0 Å². The molecule has 0 radical (unpaired) electrons. The molecule has 3 nitrogen and oxygen atoms in total. The summed E-state index contributed by atoms with van der Waals surface area (Å²) in [6, 6.07) is 0.400. The molecule has 3 unspecified atom stereocenters. The van der Waals surface area contributed by atoms with E-state index in [-0.39, 0.29) is 12.4 Å². The number of nitrogens with one attached hydrogen (secondary N) is 1. The molecule has 0 bridgehead atoms. The van der Waals surface area contributed by atoms with Gasteiger partial charge in [0, 0.05) is 43.6 Å². The first-order chi connectivity index (χ1) is 7.66. The Bertz CT molecular complexity index is 249. The van der Waals surface area contributed by atoms with Gasteiger partial charge in [-0.2, -0.15) is 11.8 Å². The minimum Gasteiger partial charge on any atom is -0.342 e. The lowest BCUT2D eigenvalue weighted by atomic mass is 10.0. The third kappa shape index (κ3) is 4.04. The molecule has 2 heterocycles. The van der Waals surface area contributed by atoms with E-state index >= 15 is 0 Å². The summed E-state index contributed by atoms with van der Waals surface area (Å²) in [5.74, 6) is 3.94. The van der Waals surface area contributed by atoms with Crippen molar-refractivity contribution in [1.82, 2.24) is 10.2 Å². The van der Waals surface area contributed by atoms with Gasteiger partial charge in [0.1, 0.15) is 0 Å². The number of carbonyl (C=O) groups is 1. The van der Waals surface area contributed by atoms with Crippen LogP contribution < -0.4 is 5.32 Å². The van der Waals surface area contributed by atoms with Crippen LogP contribution in [0.4, 0.5) is 0 Å². The molecule has 100 valence electrons. The summed E-state index contributed by atoms with van der Waals surface area (Å²) >= 11 is 1.96. The van der Waals surface area contributed by atoms with Gasteiger partial charge < -0.3 is 10.2 Å². The number of rotatable bonds is 2. The number of amides is 1. The van der Waals surface area contributed by atoms with Gasteiger partial charge in [-0.05, 0) is 11.8 Å². The van der Waals surface area contributed by atoms with Crippen molar-refractivity contribution in [3.8, 4) is 0 Å². The van der Waals surface area contributed by atoms with Crippen LogP contribution in [-0.2, 0) is 4.79 Å². The number of nitrogens with zero attached hydrogens (tertiary/aromatic N) is 1. The Morgan fingerprint density at radius 1 is 1.35 bits per heavy atom. The Morgan fingerprint density at radius 2 is 2.00 bits per heavy atom. The fourth-order valence-electron chi connectivity index (χ4n) is 2.42. The largest absolute Gasteiger partial charge is 0.342 e. The molecule has 0 spiro atoms. The standard InChI is InChI=1S/C12H22N2OS.ClH/c1-9-6-14(7-10(9)2)12(15)5-11-8-16-4-3-13-11;/h9-11,13H,3-8H2,1-2H3;1H. The molecule has 0 aliphatic carbocycles. The third-order valence-electron chi connectivity index (χ3n) is 3.76. The molecular weight excluding hydrogens is 256 g/mol. The molecular formula is C12H23ClN2OS. The van der Waals surface area contributed by atoms with E-state index in [1.54, 1.807) is 0 Å². The van der Waals surface area contributed by atoms with E-state index in [2.05, 4.69) is 24.1 Å². The van der Waals surface area contributed by atoms with Crippen molar-refractivity contribution in [2.24, 2.45) is 11.8 Å². The number of halogens is 1. The predicted molar refractivity (Wildman–Crippen MR) is 75.9 cm³/mol. The maximum atomic E-state index is 12.1. The van der Waals surface area contributed by atoms with Crippen LogP contribution in [0.1, 0.15) is 20.3 Å². The highest BCUT2D eigenvalue weighted by Gasteiger charge is 2.30. The number of thioether (sulfide) groups is 1. The maximum Gasteiger partial charge on any atom is 0.224 e. The fraction of sp³-hybridized carbons (Fsp3) is 0.917. The average Bonchev–Trinajstić information content (AvgIpc) is 2.61. The van der Waals surface area contributed by atoms with Gasteiger partial charge in [-0.15, -0.1) is 12.4 Å². The zero-order chi connectivity index (χ0) is 11.5. The van der Waals surface area contributed by atoms with E-state index in [1.807, 2.05) is 11.8 Å². The van der Waals surface area contributed by atoms with Gasteiger partial charge in [-0.3, -0.25) is 4.79 Å². The van der Waals surface area contributed by atoms with Crippen LogP contribution >= 0.6 is 24.2 Å². The Labute approximate surface area is 114 Å². The van der Waals surface area contributed by atoms with E-state index in [9.17, 15) is 4.79 Å². The lowest BCUT2D eigenvalue weighted by molar-refractivity contribution is -0.130. The average molecular weight is 279 g/mol. The smallest absolute Gasteiger partial charge is 0.224 e. The molecule has 2 aliphatic heterocycles. The van der Waals surface area contributed by atoms with Crippen molar-refractivity contribution in [2.45, 2.75) is 26.3 Å². The fourth-order valence-corrected chi connectivity index (χ4v) is 3.37. The molecule has 2 aliphatic rings. The number of likely N-dealkylation sites (tertiary alicyclic amines) is 1. The van der Waals surface area contributed by atoms with E-state index < -0.39 is 0 Å². The lowest BCUT2D eigenvalue weighted by Crippen LogP contribution is -2.42. The highest BCUT2D eigenvalue weighted by molar-refractivity contribution is 7.99. The summed E-state index contributed by atoms with van der Waals surface area (Å²) in [7, 11) is 0. The van der Waals surface area contributed by atoms with Crippen molar-refractivity contribution >= 4 is 30.1 Å². The first-order valence-corrected chi connectivity index (χ1v) is 7.41. The van der Waals surface area contributed by atoms with Crippen molar-refractivity contribution in [1.29, 1.82) is 0 Å². The second kappa shape index (κ2) is 6.86. The Kier molecular flexibility index (Phi) is 6.10. The molecule has 2 saturated heterocycles. The van der Waals surface area contributed by atoms with Crippen molar-refractivity contribution < 1.29 is 4.79 Å². The molecule has 3 atom stereocenters. The van der Waals surface area contributed by atoms with Crippen LogP contribution in [-0.4, -0.2) is 48.0 Å². The quantitative estimate of drug-likeness (QED) is 0.833. The zero-order valence-corrected chi connectivity index (χ0v) is 12.3. The predicted octanol–water partition coefficient (Wildman–Crippen LogP) is 1.62. The van der Waals surface area contributed by atoms with Crippen LogP contribution in [0.15, 0.2) is 0 Å². The summed E-state index contributed by atoms with van der Waals surface area (Å²) in [6.45, 7) is 7.45. The van der Waals surface area contributed by atoms with E-state index in [4.69, 9.17) is 0 Å². The molecule has 0 aromatic rings. The van der Waals surface area contributed by atoms with Gasteiger partial charge in [0.2, 0.25) is 5.91 Å². The number of hydrogen-bond acceptors (Lipinski definition) is 3. The van der Waals surface area contributed by atoms with Gasteiger partial charge >= 0.3 is 0 Å². The summed E-state index contributed by atoms with van der Waals surface area (Å²) in [5, 5.41) is 3.43. The van der Waals surface area contributed by atoms with Gasteiger partial charge in [0.15, 0.2) is 0 Å².